The smallest absolute Gasteiger partial charge is 0.282 e. The molecule has 1 atom stereocenters. The van der Waals surface area contributed by atoms with E-state index in [1.807, 2.05) is 36.4 Å². The number of hydrogen-bond donors (Lipinski definition) is 1. The molecule has 8 heteroatoms. The Morgan fingerprint density at radius 3 is 2.41 bits per heavy atom. The zero-order valence-electron chi connectivity index (χ0n) is 15.6. The first-order chi connectivity index (χ1) is 13.8. The first-order valence-corrected chi connectivity index (χ1v) is 9.40. The highest BCUT2D eigenvalue weighted by Crippen LogP contribution is 2.32. The molecule has 1 unspecified atom stereocenters. The third-order valence-corrected chi connectivity index (χ3v) is 5.29. The number of hydrogen-bond acceptors (Lipinski definition) is 5. The van der Waals surface area contributed by atoms with Crippen molar-refractivity contribution in [3.8, 4) is 11.9 Å². The van der Waals surface area contributed by atoms with Crippen molar-refractivity contribution in [2.24, 2.45) is 10.2 Å². The largest absolute Gasteiger partial charge is 0.493 e. The molecule has 3 rings (SSSR count). The van der Waals surface area contributed by atoms with E-state index in [2.05, 4.69) is 10.2 Å². The van der Waals surface area contributed by atoms with Crippen LogP contribution < -0.4 is 5.56 Å². The molecule has 1 heterocycles. The lowest BCUT2D eigenvalue weighted by Gasteiger charge is -2.19. The quantitative estimate of drug-likeness (QED) is 0.513. The number of nitriles is 1. The third kappa shape index (κ3) is 4.02. The van der Waals surface area contributed by atoms with Crippen LogP contribution in [-0.4, -0.2) is 9.67 Å². The molecular weight excluding hydrogens is 411 g/mol. The molecule has 2 aromatic carbocycles. The Morgan fingerprint density at radius 1 is 1.10 bits per heavy atom. The fraction of sp³-hybridized carbons (Fsp3) is 0.143. The molecule has 6 nitrogen and oxygen atoms in total. The normalized spacial score (nSPS) is 12.1. The lowest BCUT2D eigenvalue weighted by molar-refractivity contribution is 0.393. The van der Waals surface area contributed by atoms with Crippen molar-refractivity contribution in [2.45, 2.75) is 19.9 Å². The summed E-state index contributed by atoms with van der Waals surface area (Å²) < 4.78 is 1.14. The molecule has 0 fully saturated rings. The van der Waals surface area contributed by atoms with Gasteiger partial charge in [-0.3, -0.25) is 9.36 Å². The summed E-state index contributed by atoms with van der Waals surface area (Å²) in [6, 6.07) is 15.3. The number of pyridine rings is 1. The van der Waals surface area contributed by atoms with E-state index in [9.17, 15) is 15.2 Å². The Balaban J connectivity index is 2.17. The standard InChI is InChI=1S/C21H16Cl2N4O2/c1-12-16(11-24)20(28)27(13(2)14-6-4-3-5-7-14)21(29)19(12)26-25-15-8-9-17(22)18(23)10-15/h3-10,13,28H,1-2H3. The van der Waals surface area contributed by atoms with Crippen molar-refractivity contribution in [2.75, 3.05) is 0 Å². The highest BCUT2D eigenvalue weighted by Gasteiger charge is 2.23. The Morgan fingerprint density at radius 2 is 1.79 bits per heavy atom. The van der Waals surface area contributed by atoms with Crippen molar-refractivity contribution >= 4 is 34.6 Å². The molecule has 0 amide bonds. The topological polar surface area (TPSA) is 90.7 Å². The minimum absolute atomic E-state index is 0.0320. The van der Waals surface area contributed by atoms with Gasteiger partial charge in [-0.1, -0.05) is 53.5 Å². The summed E-state index contributed by atoms with van der Waals surface area (Å²) in [6.07, 6.45) is 0. The maximum Gasteiger partial charge on any atom is 0.282 e. The Labute approximate surface area is 177 Å². The second-order valence-electron chi connectivity index (χ2n) is 6.34. The zero-order valence-corrected chi connectivity index (χ0v) is 17.1. The van der Waals surface area contributed by atoms with Gasteiger partial charge in [0, 0.05) is 5.56 Å². The van der Waals surface area contributed by atoms with Gasteiger partial charge in [-0.2, -0.15) is 10.4 Å². The van der Waals surface area contributed by atoms with Crippen molar-refractivity contribution in [1.29, 1.82) is 5.26 Å². The first-order valence-electron chi connectivity index (χ1n) is 8.65. The summed E-state index contributed by atoms with van der Waals surface area (Å²) in [5.74, 6) is -0.403. The molecule has 0 radical (unpaired) electrons. The van der Waals surface area contributed by atoms with Crippen LogP contribution in [0.1, 0.15) is 29.7 Å². The number of rotatable bonds is 4. The average Bonchev–Trinajstić information content (AvgIpc) is 2.71. The summed E-state index contributed by atoms with van der Waals surface area (Å²) >= 11 is 11.9. The van der Waals surface area contributed by atoms with Gasteiger partial charge in [0.05, 0.1) is 21.8 Å². The zero-order chi connectivity index (χ0) is 21.1. The number of aromatic nitrogens is 1. The van der Waals surface area contributed by atoms with Crippen LogP contribution in [0.25, 0.3) is 0 Å². The fourth-order valence-corrected chi connectivity index (χ4v) is 3.22. The molecule has 0 aliphatic rings. The molecule has 29 heavy (non-hydrogen) atoms. The minimum Gasteiger partial charge on any atom is -0.493 e. The van der Waals surface area contributed by atoms with Crippen molar-refractivity contribution in [3.63, 3.8) is 0 Å². The molecule has 0 bridgehead atoms. The summed E-state index contributed by atoms with van der Waals surface area (Å²) in [7, 11) is 0. The minimum atomic E-state index is -0.556. The molecular formula is C21H16Cl2N4O2. The summed E-state index contributed by atoms with van der Waals surface area (Å²) in [5, 5.41) is 28.9. The number of benzene rings is 2. The van der Waals surface area contributed by atoms with Crippen LogP contribution in [0.3, 0.4) is 0 Å². The van der Waals surface area contributed by atoms with E-state index in [0.717, 1.165) is 10.1 Å². The molecule has 146 valence electrons. The fourth-order valence-electron chi connectivity index (χ4n) is 2.92. The van der Waals surface area contributed by atoms with E-state index in [1.54, 1.807) is 26.0 Å². The molecule has 0 saturated heterocycles. The van der Waals surface area contributed by atoms with E-state index in [-0.39, 0.29) is 16.8 Å². The van der Waals surface area contributed by atoms with E-state index in [4.69, 9.17) is 23.2 Å². The van der Waals surface area contributed by atoms with Crippen molar-refractivity contribution < 1.29 is 5.11 Å². The van der Waals surface area contributed by atoms with Crippen LogP contribution in [0.15, 0.2) is 63.6 Å². The molecule has 0 aliphatic heterocycles. The van der Waals surface area contributed by atoms with Gasteiger partial charge >= 0.3 is 0 Å². The molecule has 0 saturated carbocycles. The lowest BCUT2D eigenvalue weighted by atomic mass is 10.1. The average molecular weight is 427 g/mol. The van der Waals surface area contributed by atoms with Crippen LogP contribution in [0.4, 0.5) is 11.4 Å². The van der Waals surface area contributed by atoms with E-state index < -0.39 is 17.5 Å². The Bertz CT molecular complexity index is 1200. The third-order valence-electron chi connectivity index (χ3n) is 4.55. The van der Waals surface area contributed by atoms with Gasteiger partial charge < -0.3 is 5.11 Å². The molecule has 1 N–H and O–H groups in total. The van der Waals surface area contributed by atoms with Crippen molar-refractivity contribution in [3.05, 3.63) is 85.6 Å². The lowest BCUT2D eigenvalue weighted by Crippen LogP contribution is -2.25. The molecule has 1 aromatic heterocycles. The van der Waals surface area contributed by atoms with Gasteiger partial charge in [0.1, 0.15) is 11.6 Å². The molecule has 0 aliphatic carbocycles. The Hall–Kier alpha value is -3.14. The predicted molar refractivity (Wildman–Crippen MR) is 113 cm³/mol. The van der Waals surface area contributed by atoms with Crippen LogP contribution in [0, 0.1) is 18.3 Å². The molecule has 3 aromatic rings. The maximum absolute atomic E-state index is 13.1. The summed E-state index contributed by atoms with van der Waals surface area (Å²) in [4.78, 5) is 13.1. The van der Waals surface area contributed by atoms with Crippen molar-refractivity contribution in [1.82, 2.24) is 4.57 Å². The monoisotopic (exact) mass is 426 g/mol. The second-order valence-corrected chi connectivity index (χ2v) is 7.16. The number of halogens is 2. The maximum atomic E-state index is 13.1. The number of nitrogens with zero attached hydrogens (tertiary/aromatic N) is 4. The van der Waals surface area contributed by atoms with Gasteiger partial charge in [-0.05, 0) is 37.6 Å². The highest BCUT2D eigenvalue weighted by molar-refractivity contribution is 6.42. The van der Waals surface area contributed by atoms with E-state index in [0.29, 0.717) is 15.7 Å². The van der Waals surface area contributed by atoms with E-state index >= 15 is 0 Å². The van der Waals surface area contributed by atoms with Crippen LogP contribution in [0.2, 0.25) is 10.0 Å². The summed E-state index contributed by atoms with van der Waals surface area (Å²) in [5.41, 5.74) is 0.815. The van der Waals surface area contributed by atoms with E-state index in [1.165, 1.54) is 6.07 Å². The van der Waals surface area contributed by atoms with Crippen LogP contribution >= 0.6 is 23.2 Å². The SMILES string of the molecule is Cc1c(C#N)c(O)n(C(C)c2ccccc2)c(=O)c1N=Nc1ccc(Cl)c(Cl)c1. The van der Waals surface area contributed by atoms with Gasteiger partial charge in [-0.25, -0.2) is 0 Å². The summed E-state index contributed by atoms with van der Waals surface area (Å²) in [6.45, 7) is 3.30. The van der Waals surface area contributed by atoms with Crippen LogP contribution in [-0.2, 0) is 0 Å². The number of aromatic hydroxyl groups is 1. The van der Waals surface area contributed by atoms with Gasteiger partial charge in [0.2, 0.25) is 5.88 Å². The van der Waals surface area contributed by atoms with Gasteiger partial charge in [-0.15, -0.1) is 5.11 Å². The van der Waals surface area contributed by atoms with Gasteiger partial charge in [0.25, 0.3) is 5.56 Å². The number of azo groups is 1. The highest BCUT2D eigenvalue weighted by atomic mass is 35.5. The van der Waals surface area contributed by atoms with Crippen LogP contribution in [0.5, 0.6) is 5.88 Å². The second kappa shape index (κ2) is 8.48. The first kappa shape index (κ1) is 20.6. The van der Waals surface area contributed by atoms with Gasteiger partial charge in [0.15, 0.2) is 5.69 Å². The Kier molecular flexibility index (Phi) is 6.02. The predicted octanol–water partition coefficient (Wildman–Crippen LogP) is 6.07. The molecule has 0 spiro atoms.